The number of carbonyl (C=O) groups is 1. The van der Waals surface area contributed by atoms with Crippen LogP contribution in [0, 0.1) is 6.92 Å². The van der Waals surface area contributed by atoms with Crippen LogP contribution in [0.25, 0.3) is 0 Å². The Morgan fingerprint density at radius 2 is 1.71 bits per heavy atom. The van der Waals surface area contributed by atoms with Gasteiger partial charge in [0.05, 0.1) is 13.0 Å². The molecule has 0 saturated carbocycles. The van der Waals surface area contributed by atoms with Crippen LogP contribution in [0.3, 0.4) is 0 Å². The van der Waals surface area contributed by atoms with Crippen LogP contribution in [-0.4, -0.2) is 35.6 Å². The first-order chi connectivity index (χ1) is 10.1. The van der Waals surface area contributed by atoms with Crippen LogP contribution in [0.15, 0.2) is 0 Å². The van der Waals surface area contributed by atoms with Gasteiger partial charge in [-0.15, -0.1) is 0 Å². The van der Waals surface area contributed by atoms with E-state index in [1.165, 1.54) is 0 Å². The summed E-state index contributed by atoms with van der Waals surface area (Å²) in [6.45, 7) is 9.72. The number of carbonyl (C=O) groups excluding carboxylic acids is 1. The molecule has 0 aliphatic rings. The second kappa shape index (κ2) is 9.15. The average Bonchev–Trinajstić information content (AvgIpc) is 2.48. The predicted octanol–water partition coefficient (Wildman–Crippen LogP) is 2.53. The topological polar surface area (TPSA) is 76.1 Å². The minimum atomic E-state index is -0.197. The number of aromatic nitrogens is 2. The third-order valence-electron chi connectivity index (χ3n) is 2.98. The quantitative estimate of drug-likeness (QED) is 0.682. The molecule has 0 atom stereocenters. The van der Waals surface area contributed by atoms with Crippen molar-refractivity contribution in [2.45, 2.75) is 47.0 Å². The second-order valence-corrected chi connectivity index (χ2v) is 4.72. The molecule has 0 spiro atoms. The molecule has 1 aromatic rings. The van der Waals surface area contributed by atoms with Gasteiger partial charge in [0.1, 0.15) is 17.5 Å². The number of aryl methyl sites for hydroxylation is 1. The molecule has 1 heterocycles. The van der Waals surface area contributed by atoms with Crippen molar-refractivity contribution in [2.24, 2.45) is 0 Å². The number of hydrogen-bond acceptors (Lipinski definition) is 6. The molecule has 0 aliphatic carbocycles. The van der Waals surface area contributed by atoms with Crippen molar-refractivity contribution in [3.05, 3.63) is 11.4 Å². The van der Waals surface area contributed by atoms with Crippen molar-refractivity contribution in [3.8, 4) is 0 Å². The lowest BCUT2D eigenvalue weighted by atomic mass is 10.2. The fraction of sp³-hybridized carbons (Fsp3) is 0.667. The van der Waals surface area contributed by atoms with E-state index < -0.39 is 0 Å². The molecule has 0 unspecified atom stereocenters. The van der Waals surface area contributed by atoms with Gasteiger partial charge in [-0.05, 0) is 20.3 Å². The molecule has 6 nitrogen and oxygen atoms in total. The van der Waals surface area contributed by atoms with Crippen molar-refractivity contribution in [3.63, 3.8) is 0 Å². The van der Waals surface area contributed by atoms with E-state index in [4.69, 9.17) is 4.74 Å². The van der Waals surface area contributed by atoms with Crippen LogP contribution in [0.4, 0.5) is 11.6 Å². The molecule has 1 aromatic heterocycles. The molecule has 21 heavy (non-hydrogen) atoms. The summed E-state index contributed by atoms with van der Waals surface area (Å²) >= 11 is 0. The highest BCUT2D eigenvalue weighted by atomic mass is 16.5. The number of rotatable bonds is 9. The second-order valence-electron chi connectivity index (χ2n) is 4.72. The van der Waals surface area contributed by atoms with Gasteiger partial charge in [0.15, 0.2) is 0 Å². The smallest absolute Gasteiger partial charge is 0.307 e. The summed E-state index contributed by atoms with van der Waals surface area (Å²) in [5.74, 6) is 2.24. The standard InChI is InChI=1S/C15H26N4O2/c1-5-9-16-14-11(4)15(19-12(6-2)18-14)17-10-8-13(20)21-7-3/h5-10H2,1-4H3,(H2,16,17,18,19). The lowest BCUT2D eigenvalue weighted by Crippen LogP contribution is -2.15. The molecule has 0 aliphatic heterocycles. The zero-order valence-electron chi connectivity index (χ0n) is 13.5. The maximum atomic E-state index is 11.3. The maximum Gasteiger partial charge on any atom is 0.307 e. The Labute approximate surface area is 126 Å². The minimum Gasteiger partial charge on any atom is -0.466 e. The zero-order chi connectivity index (χ0) is 15.7. The van der Waals surface area contributed by atoms with Gasteiger partial charge in [-0.2, -0.15) is 0 Å². The number of nitrogens with one attached hydrogen (secondary N) is 2. The van der Waals surface area contributed by atoms with E-state index in [1.807, 2.05) is 13.8 Å². The molecular formula is C15H26N4O2. The maximum absolute atomic E-state index is 11.3. The van der Waals surface area contributed by atoms with Crippen LogP contribution >= 0.6 is 0 Å². The summed E-state index contributed by atoms with van der Waals surface area (Å²) in [7, 11) is 0. The molecule has 0 saturated heterocycles. The summed E-state index contributed by atoms with van der Waals surface area (Å²) in [6.07, 6.45) is 2.14. The summed E-state index contributed by atoms with van der Waals surface area (Å²) in [4.78, 5) is 20.3. The van der Waals surface area contributed by atoms with E-state index in [2.05, 4.69) is 27.5 Å². The fourth-order valence-corrected chi connectivity index (χ4v) is 1.82. The number of esters is 1. The van der Waals surface area contributed by atoms with Gasteiger partial charge >= 0.3 is 5.97 Å². The van der Waals surface area contributed by atoms with Crippen molar-refractivity contribution in [1.29, 1.82) is 0 Å². The largest absolute Gasteiger partial charge is 0.466 e. The average molecular weight is 294 g/mol. The third-order valence-corrected chi connectivity index (χ3v) is 2.98. The predicted molar refractivity (Wildman–Crippen MR) is 84.7 cm³/mol. The first-order valence-electron chi connectivity index (χ1n) is 7.63. The Bertz CT molecular complexity index is 463. The Hall–Kier alpha value is -1.85. The Morgan fingerprint density at radius 1 is 1.10 bits per heavy atom. The van der Waals surface area contributed by atoms with E-state index in [-0.39, 0.29) is 5.97 Å². The molecule has 0 aromatic carbocycles. The monoisotopic (exact) mass is 294 g/mol. The SMILES string of the molecule is CCCNc1nc(CC)nc(NCCC(=O)OCC)c1C. The first kappa shape index (κ1) is 17.2. The zero-order valence-corrected chi connectivity index (χ0v) is 13.5. The lowest BCUT2D eigenvalue weighted by Gasteiger charge is -2.14. The highest BCUT2D eigenvalue weighted by Crippen LogP contribution is 2.20. The number of hydrogen-bond donors (Lipinski definition) is 2. The highest BCUT2D eigenvalue weighted by Gasteiger charge is 2.10. The van der Waals surface area contributed by atoms with Crippen molar-refractivity contribution in [1.82, 2.24) is 9.97 Å². The Kier molecular flexibility index (Phi) is 7.50. The molecule has 0 bridgehead atoms. The minimum absolute atomic E-state index is 0.197. The summed E-state index contributed by atoms with van der Waals surface area (Å²) in [5.41, 5.74) is 0.976. The molecule has 118 valence electrons. The fourth-order valence-electron chi connectivity index (χ4n) is 1.82. The van der Waals surface area contributed by atoms with Gasteiger partial charge in [-0.1, -0.05) is 13.8 Å². The van der Waals surface area contributed by atoms with E-state index in [9.17, 15) is 4.79 Å². The van der Waals surface area contributed by atoms with Crippen LogP contribution in [-0.2, 0) is 16.0 Å². The summed E-state index contributed by atoms with van der Waals surface area (Å²) in [5, 5.41) is 6.52. The van der Waals surface area contributed by atoms with Gasteiger partial charge in [-0.3, -0.25) is 4.79 Å². The van der Waals surface area contributed by atoms with Crippen LogP contribution < -0.4 is 10.6 Å². The molecule has 0 fully saturated rings. The van der Waals surface area contributed by atoms with Crippen molar-refractivity contribution < 1.29 is 9.53 Å². The molecular weight excluding hydrogens is 268 g/mol. The Morgan fingerprint density at radius 3 is 2.24 bits per heavy atom. The lowest BCUT2D eigenvalue weighted by molar-refractivity contribution is -0.142. The van der Waals surface area contributed by atoms with Gasteiger partial charge in [0.25, 0.3) is 0 Å². The van der Waals surface area contributed by atoms with E-state index in [0.717, 1.165) is 42.4 Å². The van der Waals surface area contributed by atoms with E-state index >= 15 is 0 Å². The Balaban J connectivity index is 2.73. The normalized spacial score (nSPS) is 10.3. The van der Waals surface area contributed by atoms with E-state index in [0.29, 0.717) is 19.6 Å². The summed E-state index contributed by atoms with van der Waals surface area (Å²) in [6, 6.07) is 0. The van der Waals surface area contributed by atoms with Crippen LogP contribution in [0.5, 0.6) is 0 Å². The van der Waals surface area contributed by atoms with Crippen molar-refractivity contribution >= 4 is 17.6 Å². The van der Waals surface area contributed by atoms with Gasteiger partial charge in [0, 0.05) is 25.1 Å². The highest BCUT2D eigenvalue weighted by molar-refractivity contribution is 5.70. The molecule has 0 radical (unpaired) electrons. The van der Waals surface area contributed by atoms with Gasteiger partial charge < -0.3 is 15.4 Å². The van der Waals surface area contributed by atoms with E-state index in [1.54, 1.807) is 6.92 Å². The summed E-state index contributed by atoms with van der Waals surface area (Å²) < 4.78 is 4.91. The van der Waals surface area contributed by atoms with Crippen LogP contribution in [0.2, 0.25) is 0 Å². The molecule has 2 N–H and O–H groups in total. The molecule has 0 amide bonds. The number of anilines is 2. The molecule has 6 heteroatoms. The van der Waals surface area contributed by atoms with Gasteiger partial charge in [-0.25, -0.2) is 9.97 Å². The van der Waals surface area contributed by atoms with Crippen LogP contribution in [0.1, 0.15) is 45.0 Å². The number of ether oxygens (including phenoxy) is 1. The first-order valence-corrected chi connectivity index (χ1v) is 7.63. The molecule has 1 rings (SSSR count). The third kappa shape index (κ3) is 5.57. The van der Waals surface area contributed by atoms with Crippen molar-refractivity contribution in [2.75, 3.05) is 30.3 Å². The number of nitrogens with zero attached hydrogens (tertiary/aromatic N) is 2. The van der Waals surface area contributed by atoms with Gasteiger partial charge in [0.2, 0.25) is 0 Å².